The predicted octanol–water partition coefficient (Wildman–Crippen LogP) is -5.61. The van der Waals surface area contributed by atoms with Gasteiger partial charge >= 0.3 is 39.4 Å². The Morgan fingerprint density at radius 2 is 0.675 bits per heavy atom. The van der Waals surface area contributed by atoms with E-state index in [0.717, 1.165) is 32.7 Å². The monoisotopic (exact) mass is 1680 g/mol. The van der Waals surface area contributed by atoms with Crippen molar-refractivity contribution in [2.24, 2.45) is 0 Å². The van der Waals surface area contributed by atoms with E-state index < -0.39 is 200 Å². The van der Waals surface area contributed by atoms with Crippen LogP contribution in [0.25, 0.3) is 33.5 Å². The molecule has 0 bridgehead atoms. The minimum absolute atomic E-state index is 0.00278. The molecule has 0 amide bonds. The minimum atomic E-state index is -4.74. The molecule has 0 radical (unpaired) electrons. The molecule has 15 rings (SSSR count). The summed E-state index contributed by atoms with van der Waals surface area (Å²) < 4.78 is 98.9. The molecule has 21 atom stereocenters. The topological polar surface area (TPSA) is 739 Å². The molecule has 18 N–H and O–H groups in total. The maximum atomic E-state index is 12.7. The average Bonchev–Trinajstić information content (AvgIpc) is 1.64. The zero-order valence-corrected chi connectivity index (χ0v) is 63.1. The Bertz CT molecular complexity index is 5310. The first-order chi connectivity index (χ1) is 54.1. The van der Waals surface area contributed by atoms with Crippen molar-refractivity contribution in [2.45, 2.75) is 170 Å². The molecule has 618 valence electrons. The number of nitrogens with two attached hydrogens (primary N) is 3. The molecule has 6 fully saturated rings. The third-order valence-corrected chi connectivity index (χ3v) is 22.1. The number of fused-ring (bicyclic) bond motifs is 3. The van der Waals surface area contributed by atoms with E-state index in [4.69, 9.17) is 84.6 Å². The van der Waals surface area contributed by atoms with Crippen molar-refractivity contribution in [1.29, 1.82) is 0 Å². The molecule has 53 nitrogen and oxygen atoms in total. The molecule has 0 saturated carbocycles. The number of imidazole rings is 3. The fraction of sp³-hybridized carbons (Fsp3) is 0.579. The number of H-pyrrole nitrogens is 3. The zero-order valence-electron chi connectivity index (χ0n) is 59.6. The van der Waals surface area contributed by atoms with Gasteiger partial charge in [-0.25, -0.2) is 68.4 Å². The number of aliphatic hydroxyl groups excluding tert-OH is 6. The third-order valence-electron chi connectivity index (χ3n) is 18.5. The van der Waals surface area contributed by atoms with Gasteiger partial charge in [-0.1, -0.05) is 0 Å². The SMILES string of the molecule is Cc1nc2c(ncn2[C@H]2C[C@@H](O)[C@@H](COP(=O)(O)O[C@@H]3C[C@H](n4cnc(N)nc4=O)O[C@@H]3CO)O2)c(=O)[nH]1.Cc1nc2c(ncn2[C@H]2C[C@@H](O)[C@@H](COP(O)(=S)O[C@@H]3C[C@H](n4cnc(N)nc4=O)O[C@@H]3CO)O2)c(=O)[nH]1.Cc1nc2c(ncn2[C@H]2C[C@@H](OP(=O)(O)OC[C@H]3O[C@@H](n4cnc(N)nc4=O)C[C@H]3O)[C@@H](CO)O2)c(=O)[nH]1. The lowest BCUT2D eigenvalue weighted by Gasteiger charge is -2.24. The van der Waals surface area contributed by atoms with Crippen molar-refractivity contribution in [1.82, 2.24) is 102 Å². The van der Waals surface area contributed by atoms with Crippen molar-refractivity contribution in [2.75, 3.05) is 56.8 Å². The molecule has 9 aromatic heterocycles. The Morgan fingerprint density at radius 1 is 0.412 bits per heavy atom. The number of rotatable bonds is 24. The van der Waals surface area contributed by atoms with Gasteiger partial charge in [0.15, 0.2) is 33.5 Å². The van der Waals surface area contributed by atoms with Crippen LogP contribution in [0.3, 0.4) is 0 Å². The number of nitrogens with zero attached hydrogens (tertiary/aromatic N) is 18. The summed E-state index contributed by atoms with van der Waals surface area (Å²) in [6.07, 6.45) is -9.77. The predicted molar refractivity (Wildman–Crippen MR) is 380 cm³/mol. The lowest BCUT2D eigenvalue weighted by Crippen LogP contribution is -2.30. The van der Waals surface area contributed by atoms with Crippen molar-refractivity contribution < 1.29 is 110 Å². The third kappa shape index (κ3) is 18.7. The van der Waals surface area contributed by atoms with Gasteiger partial charge in [0, 0.05) is 38.5 Å². The summed E-state index contributed by atoms with van der Waals surface area (Å²) in [6.45, 7) is -2.03. The van der Waals surface area contributed by atoms with E-state index in [0.29, 0.717) is 23.1 Å². The average molecular weight is 1690 g/mol. The van der Waals surface area contributed by atoms with Crippen LogP contribution in [0.2, 0.25) is 0 Å². The first-order valence-corrected chi connectivity index (χ1v) is 39.9. The van der Waals surface area contributed by atoms with Crippen molar-refractivity contribution >= 4 is 85.5 Å². The highest BCUT2D eigenvalue weighted by Gasteiger charge is 2.48. The van der Waals surface area contributed by atoms with E-state index in [-0.39, 0.29) is 90.8 Å². The molecular formula is C57H75N24O29P3S. The molecule has 3 unspecified atom stereocenters. The van der Waals surface area contributed by atoms with E-state index in [2.05, 4.69) is 74.8 Å². The van der Waals surface area contributed by atoms with Gasteiger partial charge in [-0.2, -0.15) is 15.0 Å². The number of hydrogen-bond donors (Lipinski definition) is 15. The number of anilines is 3. The first kappa shape index (κ1) is 83.1. The molecule has 6 aliphatic rings. The molecule has 6 aliphatic heterocycles. The van der Waals surface area contributed by atoms with Crippen LogP contribution >= 0.6 is 22.4 Å². The van der Waals surface area contributed by atoms with Gasteiger partial charge in [0.1, 0.15) is 123 Å². The van der Waals surface area contributed by atoms with Gasteiger partial charge in [0.25, 0.3) is 16.7 Å². The molecule has 57 heteroatoms. The molecule has 114 heavy (non-hydrogen) atoms. The smallest absolute Gasteiger partial charge is 0.394 e. The fourth-order valence-corrected chi connectivity index (χ4v) is 16.4. The number of aromatic nitrogens is 21. The maximum absolute atomic E-state index is 12.7. The molecule has 0 aromatic carbocycles. The van der Waals surface area contributed by atoms with Gasteiger partial charge in [-0.05, 0) is 32.6 Å². The van der Waals surface area contributed by atoms with Crippen LogP contribution < -0.4 is 50.9 Å². The van der Waals surface area contributed by atoms with Crippen molar-refractivity contribution in [3.8, 4) is 0 Å². The molecule has 0 aliphatic carbocycles. The first-order valence-electron chi connectivity index (χ1n) is 34.3. The number of nitrogens with one attached hydrogen (secondary N) is 3. The minimum Gasteiger partial charge on any atom is -0.394 e. The number of phosphoric acid groups is 2. The Hall–Kier alpha value is -8.85. The van der Waals surface area contributed by atoms with Crippen molar-refractivity contribution in [3.05, 3.63) is 118 Å². The summed E-state index contributed by atoms with van der Waals surface area (Å²) in [4.78, 5) is 158. The molecule has 0 spiro atoms. The van der Waals surface area contributed by atoms with E-state index in [1.54, 1.807) is 20.8 Å². The normalized spacial score (nSPS) is 29.2. The number of nitrogen functional groups attached to an aromatic ring is 3. The summed E-state index contributed by atoms with van der Waals surface area (Å²) in [5.41, 5.74) is 13.8. The van der Waals surface area contributed by atoms with E-state index in [9.17, 15) is 83.2 Å². The van der Waals surface area contributed by atoms with Crippen LogP contribution in [0.5, 0.6) is 0 Å². The Balaban J connectivity index is 0.000000149. The lowest BCUT2D eigenvalue weighted by molar-refractivity contribution is -0.0568. The number of ether oxygens (including phenoxy) is 6. The second-order valence-corrected chi connectivity index (χ2v) is 31.9. The Labute approximate surface area is 640 Å². The van der Waals surface area contributed by atoms with Gasteiger partial charge in [0.05, 0.1) is 83.0 Å². The van der Waals surface area contributed by atoms with Crippen molar-refractivity contribution in [3.63, 3.8) is 0 Å². The van der Waals surface area contributed by atoms with E-state index in [1.807, 2.05) is 0 Å². The number of aromatic amines is 3. The van der Waals surface area contributed by atoms with Crippen LogP contribution in [0, 0.1) is 20.8 Å². The highest BCUT2D eigenvalue weighted by atomic mass is 32.5. The van der Waals surface area contributed by atoms with Crippen LogP contribution in [0.1, 0.15) is 93.4 Å². The highest BCUT2D eigenvalue weighted by molar-refractivity contribution is 8.07. The number of aryl methyl sites for hydroxylation is 3. The van der Waals surface area contributed by atoms with Gasteiger partial charge in [0.2, 0.25) is 17.8 Å². The van der Waals surface area contributed by atoms with Gasteiger partial charge in [-0.3, -0.25) is 59.9 Å². The number of phosphoric ester groups is 2. The van der Waals surface area contributed by atoms with Crippen LogP contribution in [-0.2, 0) is 76.5 Å². The standard InChI is InChI=1S/2C19H25N8O10P.C19H25N8O9PS/c1-8-23-16-15(17(30)24-8)21-6-26(16)14-3-10(11(4-28)35-14)37-38(32,33)34-5-12-9(29)2-13(36-12)27-7-22-18(20)25-19(27)31;1-8-23-16-15(17(30)24-8)21-6-26(16)13-2-9(29)12(36-13)5-34-38(32,33)37-10-3-14(35-11(10)4-28)27-7-22-18(20)25-19(27)31;1-8-23-16-15(17(30)24-8)21-6-26(16)13-2-9(29)12(35-13)5-33-37(32,38)36-10-3-14(34-11(10)4-28)27-7-22-18(20)25-19(27)31/h2*6-7,9-14,28-29H,2-5H2,1H3,(H,32,33)(H2,20,25,31)(H,23,24,30);6-7,9-14,28-29H,2-5H2,1H3,(H,32,38)(H2,20,25,31)(H,23,24,30)/t2*9-,10-,11-,12-,13-,14-;9-,10-,11-,12-,13-,14-,37?/m111/s1. The van der Waals surface area contributed by atoms with Crippen LogP contribution in [-0.4, -0.2) is 260 Å². The lowest BCUT2D eigenvalue weighted by atomic mass is 10.2. The van der Waals surface area contributed by atoms with E-state index in [1.165, 1.54) is 32.7 Å². The molecular weight excluding hydrogens is 1610 g/mol. The molecule has 9 aromatic rings. The van der Waals surface area contributed by atoms with Crippen LogP contribution in [0.4, 0.5) is 17.8 Å². The molecule has 15 heterocycles. The highest BCUT2D eigenvalue weighted by Crippen LogP contribution is 2.52. The summed E-state index contributed by atoms with van der Waals surface area (Å²) in [7, 11) is -9.47. The summed E-state index contributed by atoms with van der Waals surface area (Å²) in [5, 5.41) is 60.4. The Kier molecular flexibility index (Phi) is 24.9. The largest absolute Gasteiger partial charge is 0.472 e. The number of hydrogen-bond acceptors (Lipinski definition) is 42. The van der Waals surface area contributed by atoms with Crippen LogP contribution in [0.15, 0.2) is 66.7 Å². The summed E-state index contributed by atoms with van der Waals surface area (Å²) in [6, 6.07) is 0. The fourth-order valence-electron chi connectivity index (χ4n) is 13.1. The quantitative estimate of drug-likeness (QED) is 0.0251. The Morgan fingerprint density at radius 3 is 0.982 bits per heavy atom. The second-order valence-electron chi connectivity index (χ2n) is 26.3. The summed E-state index contributed by atoms with van der Waals surface area (Å²) in [5.74, 6) is 0.472. The van der Waals surface area contributed by atoms with E-state index >= 15 is 0 Å². The number of aliphatic hydroxyl groups is 6. The van der Waals surface area contributed by atoms with Gasteiger partial charge < -0.3 is 115 Å². The zero-order chi connectivity index (χ0) is 81.6. The van der Waals surface area contributed by atoms with Gasteiger partial charge in [-0.15, -0.1) is 0 Å². The maximum Gasteiger partial charge on any atom is 0.472 e. The summed E-state index contributed by atoms with van der Waals surface area (Å²) >= 11 is 5.13. The second kappa shape index (κ2) is 34.1. The molecule has 6 saturated heterocycles.